The molecule has 0 aromatic heterocycles. The Morgan fingerprint density at radius 3 is 2.25 bits per heavy atom. The van der Waals surface area contributed by atoms with Crippen molar-refractivity contribution in [2.75, 3.05) is 18.5 Å². The van der Waals surface area contributed by atoms with Gasteiger partial charge in [-0.15, -0.1) is 0 Å². The van der Waals surface area contributed by atoms with Crippen molar-refractivity contribution in [3.63, 3.8) is 0 Å². The molecule has 1 N–H and O–H groups in total. The highest BCUT2D eigenvalue weighted by atomic mass is 19.3. The van der Waals surface area contributed by atoms with E-state index in [1.807, 2.05) is 6.92 Å². The molecule has 2 aromatic rings. The van der Waals surface area contributed by atoms with Crippen LogP contribution < -0.4 is 10.1 Å². The third kappa shape index (κ3) is 3.70. The van der Waals surface area contributed by atoms with Gasteiger partial charge in [0.25, 0.3) is 5.92 Å². The minimum Gasteiger partial charge on any atom is -0.494 e. The molecule has 106 valence electrons. The first-order valence-corrected chi connectivity index (χ1v) is 6.52. The van der Waals surface area contributed by atoms with Crippen LogP contribution in [0.25, 0.3) is 0 Å². The van der Waals surface area contributed by atoms with E-state index in [0.29, 0.717) is 12.3 Å². The topological polar surface area (TPSA) is 21.3 Å². The molecule has 0 unspecified atom stereocenters. The van der Waals surface area contributed by atoms with Crippen LogP contribution in [-0.2, 0) is 5.92 Å². The van der Waals surface area contributed by atoms with Crippen molar-refractivity contribution < 1.29 is 13.5 Å². The molecular formula is C16H17F2NO. The van der Waals surface area contributed by atoms with Gasteiger partial charge in [-0.25, -0.2) is 0 Å². The lowest BCUT2D eigenvalue weighted by Gasteiger charge is -2.18. The van der Waals surface area contributed by atoms with Gasteiger partial charge in [0.05, 0.1) is 13.2 Å². The maximum absolute atomic E-state index is 14.0. The van der Waals surface area contributed by atoms with Gasteiger partial charge in [-0.1, -0.05) is 30.3 Å². The smallest absolute Gasteiger partial charge is 0.290 e. The van der Waals surface area contributed by atoms with E-state index in [9.17, 15) is 8.78 Å². The van der Waals surface area contributed by atoms with Crippen LogP contribution in [-0.4, -0.2) is 13.2 Å². The molecule has 0 aliphatic carbocycles. The first-order valence-electron chi connectivity index (χ1n) is 6.52. The summed E-state index contributed by atoms with van der Waals surface area (Å²) in [5.74, 6) is -2.17. The van der Waals surface area contributed by atoms with Gasteiger partial charge in [-0.2, -0.15) is 8.78 Å². The summed E-state index contributed by atoms with van der Waals surface area (Å²) in [5, 5.41) is 2.75. The highest BCUT2D eigenvalue weighted by Gasteiger charge is 2.30. The van der Waals surface area contributed by atoms with Crippen LogP contribution >= 0.6 is 0 Å². The maximum atomic E-state index is 14.0. The van der Waals surface area contributed by atoms with E-state index < -0.39 is 12.5 Å². The zero-order valence-electron chi connectivity index (χ0n) is 11.3. The van der Waals surface area contributed by atoms with Crippen molar-refractivity contribution in [3.8, 4) is 5.75 Å². The van der Waals surface area contributed by atoms with Crippen molar-refractivity contribution >= 4 is 5.69 Å². The van der Waals surface area contributed by atoms with Crippen LogP contribution in [0, 0.1) is 0 Å². The monoisotopic (exact) mass is 277 g/mol. The Morgan fingerprint density at radius 2 is 1.65 bits per heavy atom. The molecule has 0 amide bonds. The van der Waals surface area contributed by atoms with Crippen molar-refractivity contribution in [2.24, 2.45) is 0 Å². The fraction of sp³-hybridized carbons (Fsp3) is 0.250. The van der Waals surface area contributed by atoms with Gasteiger partial charge in [0.1, 0.15) is 5.75 Å². The summed E-state index contributed by atoms with van der Waals surface area (Å²) in [4.78, 5) is 0. The molecule has 0 heterocycles. The Kier molecular flexibility index (Phi) is 4.56. The second-order valence-electron chi connectivity index (χ2n) is 4.38. The van der Waals surface area contributed by atoms with Gasteiger partial charge < -0.3 is 10.1 Å². The van der Waals surface area contributed by atoms with Gasteiger partial charge >= 0.3 is 0 Å². The number of ether oxygens (including phenoxy) is 1. The van der Waals surface area contributed by atoms with Crippen molar-refractivity contribution in [1.29, 1.82) is 0 Å². The van der Waals surface area contributed by atoms with Crippen LogP contribution in [0.1, 0.15) is 12.5 Å². The first-order chi connectivity index (χ1) is 9.62. The fourth-order valence-electron chi connectivity index (χ4n) is 1.83. The Balaban J connectivity index is 1.97. The molecule has 0 aliphatic heterocycles. The Morgan fingerprint density at radius 1 is 1.00 bits per heavy atom. The molecule has 2 rings (SSSR count). The lowest BCUT2D eigenvalue weighted by Crippen LogP contribution is -2.24. The summed E-state index contributed by atoms with van der Waals surface area (Å²) in [6.07, 6.45) is 0. The van der Waals surface area contributed by atoms with E-state index in [4.69, 9.17) is 4.74 Å². The molecule has 0 saturated heterocycles. The second kappa shape index (κ2) is 6.37. The number of alkyl halides is 2. The molecule has 0 fully saturated rings. The number of nitrogens with one attached hydrogen (secondary N) is 1. The van der Waals surface area contributed by atoms with Crippen molar-refractivity contribution in [2.45, 2.75) is 12.8 Å². The molecule has 0 bridgehead atoms. The highest BCUT2D eigenvalue weighted by molar-refractivity contribution is 5.46. The normalized spacial score (nSPS) is 11.2. The standard InChI is InChI=1S/C16H17F2NO/c1-2-20-15-10-8-14(9-11-15)19-12-16(17,18)13-6-4-3-5-7-13/h3-11,19H,2,12H2,1H3. The first kappa shape index (κ1) is 14.3. The number of hydrogen-bond donors (Lipinski definition) is 1. The molecule has 0 saturated carbocycles. The number of anilines is 1. The third-order valence-electron chi connectivity index (χ3n) is 2.88. The van der Waals surface area contributed by atoms with Gasteiger partial charge in [0, 0.05) is 11.3 Å². The summed E-state index contributed by atoms with van der Waals surface area (Å²) in [6.45, 7) is 2.04. The molecule has 0 spiro atoms. The van der Waals surface area contributed by atoms with Crippen molar-refractivity contribution in [1.82, 2.24) is 0 Å². The molecule has 0 atom stereocenters. The van der Waals surface area contributed by atoms with E-state index in [-0.39, 0.29) is 5.56 Å². The largest absolute Gasteiger partial charge is 0.494 e. The zero-order chi connectivity index (χ0) is 14.4. The summed E-state index contributed by atoms with van der Waals surface area (Å²) < 4.78 is 33.2. The van der Waals surface area contributed by atoms with E-state index in [1.165, 1.54) is 12.1 Å². The van der Waals surface area contributed by atoms with Gasteiger partial charge in [-0.05, 0) is 31.2 Å². The predicted octanol–water partition coefficient (Wildman–Crippen LogP) is 4.29. The molecule has 0 aliphatic rings. The van der Waals surface area contributed by atoms with E-state index in [2.05, 4.69) is 5.32 Å². The van der Waals surface area contributed by atoms with Crippen LogP contribution in [0.2, 0.25) is 0 Å². The number of rotatable bonds is 6. The summed E-state index contributed by atoms with van der Waals surface area (Å²) in [6, 6.07) is 14.8. The van der Waals surface area contributed by atoms with E-state index in [1.54, 1.807) is 42.5 Å². The predicted molar refractivity (Wildman–Crippen MR) is 76.4 cm³/mol. The molecule has 2 aromatic carbocycles. The molecule has 4 heteroatoms. The van der Waals surface area contributed by atoms with Crippen LogP contribution in [0.15, 0.2) is 54.6 Å². The Labute approximate surface area is 117 Å². The lowest BCUT2D eigenvalue weighted by atomic mass is 10.1. The van der Waals surface area contributed by atoms with Gasteiger partial charge in [0.15, 0.2) is 0 Å². The number of halogens is 2. The minimum absolute atomic E-state index is 0.0124. The highest BCUT2D eigenvalue weighted by Crippen LogP contribution is 2.28. The Bertz CT molecular complexity index is 526. The van der Waals surface area contributed by atoms with Gasteiger partial charge in [-0.3, -0.25) is 0 Å². The van der Waals surface area contributed by atoms with E-state index in [0.717, 1.165) is 5.75 Å². The molecule has 0 radical (unpaired) electrons. The van der Waals surface area contributed by atoms with Crippen molar-refractivity contribution in [3.05, 3.63) is 60.2 Å². The SMILES string of the molecule is CCOc1ccc(NCC(F)(F)c2ccccc2)cc1. The zero-order valence-corrected chi connectivity index (χ0v) is 11.3. The summed E-state index contributed by atoms with van der Waals surface area (Å²) in [5.41, 5.74) is 0.655. The van der Waals surface area contributed by atoms with Gasteiger partial charge in [0.2, 0.25) is 0 Å². The Hall–Kier alpha value is -2.10. The second-order valence-corrected chi connectivity index (χ2v) is 4.38. The van der Waals surface area contributed by atoms with Crippen LogP contribution in [0.5, 0.6) is 5.75 Å². The maximum Gasteiger partial charge on any atom is 0.290 e. The molecular weight excluding hydrogens is 260 g/mol. The summed E-state index contributed by atoms with van der Waals surface area (Å²) >= 11 is 0. The molecule has 2 nitrogen and oxygen atoms in total. The quantitative estimate of drug-likeness (QED) is 0.850. The molecule has 20 heavy (non-hydrogen) atoms. The summed E-state index contributed by atoms with van der Waals surface area (Å²) in [7, 11) is 0. The van der Waals surface area contributed by atoms with E-state index >= 15 is 0 Å². The average molecular weight is 277 g/mol. The van der Waals surface area contributed by atoms with Crippen LogP contribution in [0.4, 0.5) is 14.5 Å². The fourth-order valence-corrected chi connectivity index (χ4v) is 1.83. The third-order valence-corrected chi connectivity index (χ3v) is 2.88. The minimum atomic E-state index is -2.90. The average Bonchev–Trinajstić information content (AvgIpc) is 2.48. The number of hydrogen-bond acceptors (Lipinski definition) is 2. The van der Waals surface area contributed by atoms with Crippen LogP contribution in [0.3, 0.4) is 0 Å². The lowest BCUT2D eigenvalue weighted by molar-refractivity contribution is 0.0106. The number of benzene rings is 2.